The molecule has 0 saturated heterocycles. The summed E-state index contributed by atoms with van der Waals surface area (Å²) in [5.74, 6) is -1.58. The van der Waals surface area contributed by atoms with Crippen molar-refractivity contribution in [2.75, 3.05) is 0 Å². The summed E-state index contributed by atoms with van der Waals surface area (Å²) in [6.45, 7) is 7.47. The number of nitrogens with one attached hydrogen (secondary N) is 2. The van der Waals surface area contributed by atoms with Crippen LogP contribution in [0.15, 0.2) is 66.2 Å². The van der Waals surface area contributed by atoms with Gasteiger partial charge >= 0.3 is 7.12 Å². The summed E-state index contributed by atoms with van der Waals surface area (Å²) in [5, 5.41) is 29.8. The van der Waals surface area contributed by atoms with Crippen molar-refractivity contribution in [3.05, 3.63) is 72.2 Å². The molecule has 2 unspecified atom stereocenters. The molecule has 2 atom stereocenters. The molecule has 38 heavy (non-hydrogen) atoms. The van der Waals surface area contributed by atoms with E-state index in [-0.39, 0.29) is 24.7 Å². The van der Waals surface area contributed by atoms with Gasteiger partial charge in [-0.25, -0.2) is 4.98 Å². The molecule has 1 aromatic carbocycles. The first kappa shape index (κ1) is 27.3. The van der Waals surface area contributed by atoms with E-state index in [1.165, 1.54) is 0 Å². The van der Waals surface area contributed by atoms with E-state index in [0.717, 1.165) is 5.56 Å². The molecule has 0 aliphatic carbocycles. The number of nitrogens with zero attached hydrogens (tertiary/aromatic N) is 3. The summed E-state index contributed by atoms with van der Waals surface area (Å²) in [5.41, 5.74) is -0.0996. The van der Waals surface area contributed by atoms with Crippen LogP contribution in [-0.4, -0.2) is 61.2 Å². The van der Waals surface area contributed by atoms with Crippen molar-refractivity contribution in [2.45, 2.75) is 64.0 Å². The molecule has 3 aromatic rings. The Morgan fingerprint density at radius 3 is 2.58 bits per heavy atom. The number of fused-ring (bicyclic) bond motifs is 1. The lowest BCUT2D eigenvalue weighted by molar-refractivity contribution is -0.144. The third kappa shape index (κ3) is 5.89. The topological polar surface area (TPSA) is 138 Å². The van der Waals surface area contributed by atoms with Crippen LogP contribution in [0.2, 0.25) is 0 Å². The minimum absolute atomic E-state index is 0.102. The van der Waals surface area contributed by atoms with Gasteiger partial charge in [0, 0.05) is 31.4 Å². The Morgan fingerprint density at radius 2 is 1.89 bits per heavy atom. The molecule has 0 bridgehead atoms. The SMILES string of the molecule is CC(C)CC(NC(=O)C1(Cc2ccccc2)CC(C(C)(C)NC(=O)c2cccn3ccnc23)=NO1)B(O)O. The van der Waals surface area contributed by atoms with Gasteiger partial charge in [-0.1, -0.05) is 49.3 Å². The van der Waals surface area contributed by atoms with Crippen molar-refractivity contribution in [2.24, 2.45) is 11.1 Å². The normalized spacial score (nSPS) is 18.1. The number of aromatic nitrogens is 2. The molecule has 0 radical (unpaired) electrons. The third-order valence-corrected chi connectivity index (χ3v) is 6.74. The molecule has 2 amide bonds. The zero-order valence-corrected chi connectivity index (χ0v) is 22.1. The second-order valence-corrected chi connectivity index (χ2v) is 10.7. The van der Waals surface area contributed by atoms with Crippen LogP contribution >= 0.6 is 0 Å². The lowest BCUT2D eigenvalue weighted by Crippen LogP contribution is -2.57. The van der Waals surface area contributed by atoms with Gasteiger partial charge in [0.25, 0.3) is 11.8 Å². The molecule has 2 aromatic heterocycles. The van der Waals surface area contributed by atoms with Crippen LogP contribution < -0.4 is 10.6 Å². The number of hydrogen-bond acceptors (Lipinski definition) is 7. The molecule has 4 rings (SSSR count). The average molecular weight is 519 g/mol. The summed E-state index contributed by atoms with van der Waals surface area (Å²) >= 11 is 0. The zero-order chi connectivity index (χ0) is 27.5. The predicted molar refractivity (Wildman–Crippen MR) is 144 cm³/mol. The van der Waals surface area contributed by atoms with Crippen molar-refractivity contribution >= 4 is 30.3 Å². The number of hydrogen-bond donors (Lipinski definition) is 4. The highest BCUT2D eigenvalue weighted by Crippen LogP contribution is 2.33. The van der Waals surface area contributed by atoms with Crippen molar-refractivity contribution in [3.63, 3.8) is 0 Å². The van der Waals surface area contributed by atoms with Gasteiger partial charge in [0.2, 0.25) is 5.60 Å². The van der Waals surface area contributed by atoms with Gasteiger partial charge in [0.15, 0.2) is 0 Å². The minimum Gasteiger partial charge on any atom is -0.426 e. The molecule has 10 nitrogen and oxygen atoms in total. The van der Waals surface area contributed by atoms with Crippen LogP contribution in [0.25, 0.3) is 5.65 Å². The maximum absolute atomic E-state index is 13.7. The second-order valence-electron chi connectivity index (χ2n) is 10.7. The van der Waals surface area contributed by atoms with E-state index in [4.69, 9.17) is 4.84 Å². The molecule has 0 spiro atoms. The Labute approximate surface area is 222 Å². The number of carbonyl (C=O) groups is 2. The van der Waals surface area contributed by atoms with Crippen molar-refractivity contribution in [3.8, 4) is 0 Å². The van der Waals surface area contributed by atoms with Crippen molar-refractivity contribution < 1.29 is 24.5 Å². The van der Waals surface area contributed by atoms with E-state index in [1.807, 2.05) is 50.4 Å². The molecule has 1 aliphatic rings. The molecule has 0 fully saturated rings. The maximum Gasteiger partial charge on any atom is 0.475 e. The fraction of sp³-hybridized carbons (Fsp3) is 0.407. The summed E-state index contributed by atoms with van der Waals surface area (Å²) < 4.78 is 1.76. The molecule has 1 aliphatic heterocycles. The van der Waals surface area contributed by atoms with Crippen LogP contribution in [0.5, 0.6) is 0 Å². The van der Waals surface area contributed by atoms with Crippen LogP contribution in [0.1, 0.15) is 56.5 Å². The number of benzene rings is 1. The van der Waals surface area contributed by atoms with Gasteiger partial charge in [-0.15, -0.1) is 0 Å². The van der Waals surface area contributed by atoms with E-state index in [9.17, 15) is 19.6 Å². The molecular formula is C27H34BN5O5. The van der Waals surface area contributed by atoms with Gasteiger partial charge in [-0.05, 0) is 43.9 Å². The Hall–Kier alpha value is -3.70. The number of imidazole rings is 1. The highest BCUT2D eigenvalue weighted by Gasteiger charge is 2.51. The van der Waals surface area contributed by atoms with E-state index >= 15 is 0 Å². The first-order chi connectivity index (χ1) is 18.0. The largest absolute Gasteiger partial charge is 0.475 e. The molecule has 3 heterocycles. The Balaban J connectivity index is 1.57. The Kier molecular flexibility index (Phi) is 7.89. The predicted octanol–water partition coefficient (Wildman–Crippen LogP) is 2.14. The van der Waals surface area contributed by atoms with Gasteiger partial charge < -0.3 is 29.9 Å². The molecule has 0 saturated carbocycles. The van der Waals surface area contributed by atoms with Gasteiger partial charge in [0.1, 0.15) is 5.65 Å². The van der Waals surface area contributed by atoms with Crippen molar-refractivity contribution in [1.82, 2.24) is 20.0 Å². The zero-order valence-electron chi connectivity index (χ0n) is 22.1. The highest BCUT2D eigenvalue weighted by molar-refractivity contribution is 6.43. The third-order valence-electron chi connectivity index (χ3n) is 6.74. The molecule has 11 heteroatoms. The van der Waals surface area contributed by atoms with Crippen LogP contribution in [0, 0.1) is 5.92 Å². The fourth-order valence-electron chi connectivity index (χ4n) is 4.65. The second kappa shape index (κ2) is 11.0. The molecule has 200 valence electrons. The minimum atomic E-state index is -1.72. The van der Waals surface area contributed by atoms with Gasteiger partial charge in [-0.3, -0.25) is 9.59 Å². The number of oxime groups is 1. The first-order valence-electron chi connectivity index (χ1n) is 12.7. The number of carbonyl (C=O) groups excluding carboxylic acids is 2. The highest BCUT2D eigenvalue weighted by atomic mass is 16.7. The molecular weight excluding hydrogens is 485 g/mol. The smallest absolute Gasteiger partial charge is 0.426 e. The Morgan fingerprint density at radius 1 is 1.16 bits per heavy atom. The van der Waals surface area contributed by atoms with Crippen LogP contribution in [0.3, 0.4) is 0 Å². The van der Waals surface area contributed by atoms with E-state index in [1.54, 1.807) is 42.8 Å². The number of pyridine rings is 1. The van der Waals surface area contributed by atoms with Gasteiger partial charge in [0.05, 0.1) is 22.8 Å². The summed E-state index contributed by atoms with van der Waals surface area (Å²) in [6.07, 6.45) is 5.88. The molecule has 4 N–H and O–H groups in total. The number of rotatable bonds is 10. The standard InChI is InChI=1S/C27H34BN5O5/c1-18(2)15-22(28(36)37)30-25(35)27(16-19-9-6-5-7-10-19)17-21(32-38-27)26(3,4)31-24(34)20-11-8-13-33-14-12-29-23(20)33/h5-14,18,22,36-37H,15-17H2,1-4H3,(H,30,35)(H,31,34). The van der Waals surface area contributed by atoms with Crippen molar-refractivity contribution in [1.29, 1.82) is 0 Å². The lowest BCUT2D eigenvalue weighted by Gasteiger charge is -2.30. The summed E-state index contributed by atoms with van der Waals surface area (Å²) in [6, 6.07) is 12.9. The summed E-state index contributed by atoms with van der Waals surface area (Å²) in [4.78, 5) is 37.1. The van der Waals surface area contributed by atoms with E-state index < -0.39 is 30.1 Å². The van der Waals surface area contributed by atoms with E-state index in [0.29, 0.717) is 23.3 Å². The first-order valence-corrected chi connectivity index (χ1v) is 12.7. The summed E-state index contributed by atoms with van der Waals surface area (Å²) in [7, 11) is -1.72. The van der Waals surface area contributed by atoms with E-state index in [2.05, 4.69) is 20.8 Å². The fourth-order valence-corrected chi connectivity index (χ4v) is 4.65. The average Bonchev–Trinajstić information content (AvgIpc) is 3.52. The van der Waals surface area contributed by atoms with Crippen LogP contribution in [0.4, 0.5) is 0 Å². The quantitative estimate of drug-likeness (QED) is 0.303. The number of amides is 2. The monoisotopic (exact) mass is 519 g/mol. The van der Waals surface area contributed by atoms with Gasteiger partial charge in [-0.2, -0.15) is 0 Å². The van der Waals surface area contributed by atoms with Crippen LogP contribution in [-0.2, 0) is 16.1 Å². The maximum atomic E-state index is 13.7. The lowest BCUT2D eigenvalue weighted by atomic mass is 9.74. The Bertz CT molecular complexity index is 1320.